The van der Waals surface area contributed by atoms with Gasteiger partial charge in [0.2, 0.25) is 0 Å². The second-order valence-corrected chi connectivity index (χ2v) is 0. The molecule has 0 heterocycles. The molecule has 0 aromatic rings. The number of rotatable bonds is 0. The zero-order valence-electron chi connectivity index (χ0n) is 0.500. The SMILES string of the molecule is [AlH3].[AlH3].[AlH3].[AlH3].[AlH3].[Ce]. The van der Waals surface area contributed by atoms with Gasteiger partial charge in [-0.15, -0.1) is 0 Å². The van der Waals surface area contributed by atoms with Gasteiger partial charge in [0.05, 0.1) is 0 Å². The Balaban J connectivity index is 0. The summed E-state index contributed by atoms with van der Waals surface area (Å²) in [5, 5.41) is 0. The van der Waals surface area contributed by atoms with E-state index < -0.39 is 0 Å². The van der Waals surface area contributed by atoms with Crippen LogP contribution in [0.3, 0.4) is 0 Å². The maximum atomic E-state index is 0. The molecule has 0 N–H and O–H groups in total. The molecule has 0 aliphatic carbocycles. The van der Waals surface area contributed by atoms with E-state index in [1.165, 1.54) is 0 Å². The third kappa shape index (κ3) is 24.4. The molecule has 34 valence electrons. The summed E-state index contributed by atoms with van der Waals surface area (Å²) in [6.45, 7) is 0. The summed E-state index contributed by atoms with van der Waals surface area (Å²) in [6, 6.07) is 0. The van der Waals surface area contributed by atoms with Crippen molar-refractivity contribution in [2.75, 3.05) is 0 Å². The summed E-state index contributed by atoms with van der Waals surface area (Å²) in [4.78, 5) is 0. The molecule has 0 atom stereocenters. The molecule has 6 heteroatoms. The van der Waals surface area contributed by atoms with E-state index in [9.17, 15) is 0 Å². The molecular formula is H15Al5Ce. The Morgan fingerprint density at radius 1 is 0.333 bits per heavy atom. The van der Waals surface area contributed by atoms with E-state index in [4.69, 9.17) is 0 Å². The van der Waals surface area contributed by atoms with Crippen molar-refractivity contribution in [1.82, 2.24) is 0 Å². The minimum absolute atomic E-state index is 0. The number of hydrogen-bond acceptors (Lipinski definition) is 0. The summed E-state index contributed by atoms with van der Waals surface area (Å²) >= 11 is 0. The predicted molar refractivity (Wildman–Crippen MR) is 49.7 cm³/mol. The van der Waals surface area contributed by atoms with E-state index in [0.717, 1.165) is 0 Å². The van der Waals surface area contributed by atoms with Gasteiger partial charge in [0.1, 0.15) is 0 Å². The van der Waals surface area contributed by atoms with Crippen LogP contribution in [0.25, 0.3) is 0 Å². The predicted octanol–water partition coefficient (Wildman–Crippen LogP) is -5.92. The zero-order chi connectivity index (χ0) is 0. The van der Waals surface area contributed by atoms with Crippen molar-refractivity contribution in [2.45, 2.75) is 0 Å². The van der Waals surface area contributed by atoms with Crippen LogP contribution in [0, 0.1) is 41.7 Å². The largest absolute Gasteiger partial charge is 0.187 e. The van der Waals surface area contributed by atoms with Crippen LogP contribution in [0.4, 0.5) is 0 Å². The van der Waals surface area contributed by atoms with Crippen LogP contribution in [0.15, 0.2) is 0 Å². The van der Waals surface area contributed by atoms with Gasteiger partial charge in [0, 0.05) is 41.7 Å². The summed E-state index contributed by atoms with van der Waals surface area (Å²) in [6.07, 6.45) is 0. The van der Waals surface area contributed by atoms with Crippen molar-refractivity contribution < 1.29 is 41.7 Å². The Hall–Kier alpha value is 4.04. The van der Waals surface area contributed by atoms with Crippen molar-refractivity contribution in [3.8, 4) is 0 Å². The van der Waals surface area contributed by atoms with E-state index >= 15 is 0 Å². The molecule has 0 aliphatic rings. The molecule has 0 aliphatic heterocycles. The van der Waals surface area contributed by atoms with Crippen molar-refractivity contribution >= 4 is 86.8 Å². The van der Waals surface area contributed by atoms with Crippen molar-refractivity contribution in [3.05, 3.63) is 0 Å². The van der Waals surface area contributed by atoms with Crippen LogP contribution in [0.2, 0.25) is 0 Å². The minimum atomic E-state index is 0. The van der Waals surface area contributed by atoms with Crippen LogP contribution in [-0.2, 0) is 0 Å². The topological polar surface area (TPSA) is 0 Å². The molecule has 0 saturated heterocycles. The summed E-state index contributed by atoms with van der Waals surface area (Å²) in [7, 11) is 0. The minimum Gasteiger partial charge on any atom is 0 e. The fraction of sp³-hybridized carbons (Fsp3) is 0. The fourth-order valence-corrected chi connectivity index (χ4v) is 0. The second-order valence-electron chi connectivity index (χ2n) is 0. The number of hydrogen-bond donors (Lipinski definition) is 0. The van der Waals surface area contributed by atoms with Crippen LogP contribution in [0.1, 0.15) is 0 Å². The van der Waals surface area contributed by atoms with Gasteiger partial charge in [0.25, 0.3) is 0 Å². The normalized spacial score (nSPS) is 0. The molecule has 0 amide bonds. The molecule has 0 spiro atoms. The second kappa shape index (κ2) is 35.8. The third-order valence-electron chi connectivity index (χ3n) is 0. The fourth-order valence-electron chi connectivity index (χ4n) is 0. The van der Waals surface area contributed by atoms with Gasteiger partial charge in [-0.3, -0.25) is 0 Å². The quantitative estimate of drug-likeness (QED) is 0.390. The zero-order valence-corrected chi connectivity index (χ0v) is 3.64. The molecule has 0 rings (SSSR count). The molecule has 0 nitrogen and oxygen atoms in total. The van der Waals surface area contributed by atoms with Gasteiger partial charge in [-0.05, 0) is 0 Å². The van der Waals surface area contributed by atoms with Crippen molar-refractivity contribution in [2.24, 2.45) is 0 Å². The van der Waals surface area contributed by atoms with Gasteiger partial charge in [-0.25, -0.2) is 0 Å². The summed E-state index contributed by atoms with van der Waals surface area (Å²) < 4.78 is 0. The van der Waals surface area contributed by atoms with Gasteiger partial charge < -0.3 is 0 Å². The van der Waals surface area contributed by atoms with E-state index in [1.54, 1.807) is 0 Å². The molecule has 6 heavy (non-hydrogen) atoms. The Labute approximate surface area is 126 Å². The van der Waals surface area contributed by atoms with E-state index in [-0.39, 0.29) is 129 Å². The average Bonchev–Trinajstić information content (AvgIpc) is 0. The third-order valence-corrected chi connectivity index (χ3v) is 0. The van der Waals surface area contributed by atoms with E-state index in [2.05, 4.69) is 0 Å². The molecule has 0 saturated carbocycles. The Morgan fingerprint density at radius 2 is 0.333 bits per heavy atom. The van der Waals surface area contributed by atoms with Gasteiger partial charge >= 0.3 is 0 Å². The first-order valence-electron chi connectivity index (χ1n) is 0. The van der Waals surface area contributed by atoms with Gasteiger partial charge in [-0.1, -0.05) is 0 Å². The molecule has 0 aromatic heterocycles. The van der Waals surface area contributed by atoms with Crippen LogP contribution in [0.5, 0.6) is 0 Å². The molecular weight excluding hydrogens is 275 g/mol. The first-order chi connectivity index (χ1) is 0. The first-order valence-corrected chi connectivity index (χ1v) is 0. The van der Waals surface area contributed by atoms with E-state index in [0.29, 0.717) is 0 Å². The molecule has 0 fully saturated rings. The standard InChI is InChI=1S/5Al.Ce.15H. The van der Waals surface area contributed by atoms with Gasteiger partial charge in [-0.2, -0.15) is 0 Å². The molecule has 0 aromatic carbocycles. The van der Waals surface area contributed by atoms with Crippen LogP contribution < -0.4 is 0 Å². The van der Waals surface area contributed by atoms with E-state index in [1.807, 2.05) is 0 Å². The maximum absolute atomic E-state index is 0. The Morgan fingerprint density at radius 3 is 0.333 bits per heavy atom. The first kappa shape index (κ1) is 50.3. The molecule has 0 bridgehead atoms. The molecule has 0 radical (unpaired) electrons. The van der Waals surface area contributed by atoms with Crippen molar-refractivity contribution in [1.29, 1.82) is 0 Å². The average molecular weight is 290 g/mol. The van der Waals surface area contributed by atoms with Crippen LogP contribution in [-0.4, -0.2) is 86.8 Å². The van der Waals surface area contributed by atoms with Gasteiger partial charge in [0.15, 0.2) is 86.8 Å². The molecule has 0 unspecified atom stereocenters. The summed E-state index contributed by atoms with van der Waals surface area (Å²) in [5.41, 5.74) is 0. The Bertz CT molecular complexity index is 3.90. The maximum Gasteiger partial charge on any atom is 0.187 e. The smallest absolute Gasteiger partial charge is 0 e. The summed E-state index contributed by atoms with van der Waals surface area (Å²) in [5.74, 6) is 0. The monoisotopic (exact) mass is 290 g/mol. The Kier molecular flexibility index (Phi) is 300. The van der Waals surface area contributed by atoms with Crippen molar-refractivity contribution in [3.63, 3.8) is 0 Å². The van der Waals surface area contributed by atoms with Crippen LogP contribution >= 0.6 is 0 Å².